The van der Waals surface area contributed by atoms with Gasteiger partial charge >= 0.3 is 7.05 Å². The molecule has 1 aliphatic heterocycles. The molecule has 5 heteroatoms. The molecular weight excluding hydrogens is 189 g/mol. The molecule has 0 radical (unpaired) electrons. The molecule has 0 atom stereocenters. The first-order chi connectivity index (χ1) is 6.83. The summed E-state index contributed by atoms with van der Waals surface area (Å²) < 4.78 is 6.02. The number of hydrogen-bond donors (Lipinski definition) is 2. The highest BCUT2D eigenvalue weighted by Crippen LogP contribution is 2.31. The smallest absolute Gasteiger partial charge is 0.411 e. The van der Waals surface area contributed by atoms with Crippen molar-refractivity contribution in [2.45, 2.75) is 45.8 Å². The van der Waals surface area contributed by atoms with Crippen molar-refractivity contribution in [1.82, 2.24) is 15.4 Å². The summed E-state index contributed by atoms with van der Waals surface area (Å²) >= 11 is 0. The van der Waals surface area contributed by atoms with E-state index in [1.807, 2.05) is 13.1 Å². The second-order valence-electron chi connectivity index (χ2n) is 5.23. The summed E-state index contributed by atoms with van der Waals surface area (Å²) in [6.45, 7) is 10.5. The first kappa shape index (κ1) is 10.7. The second kappa shape index (κ2) is 3.09. The molecule has 15 heavy (non-hydrogen) atoms. The van der Waals surface area contributed by atoms with E-state index in [0.717, 1.165) is 11.2 Å². The molecule has 2 heterocycles. The lowest BCUT2D eigenvalue weighted by Crippen LogP contribution is -2.51. The maximum atomic E-state index is 6.02. The van der Waals surface area contributed by atoms with Crippen molar-refractivity contribution in [3.63, 3.8) is 0 Å². The zero-order valence-electron chi connectivity index (χ0n) is 10.0. The van der Waals surface area contributed by atoms with Crippen LogP contribution < -0.4 is 10.7 Å². The Labute approximate surface area is 90.9 Å². The van der Waals surface area contributed by atoms with Gasteiger partial charge in [0, 0.05) is 22.9 Å². The van der Waals surface area contributed by atoms with Crippen LogP contribution in [0.2, 0.25) is 0 Å². The molecular formula is C10H18BN3O. The Hall–Kier alpha value is -0.805. The number of H-pyrrole nitrogens is 1. The molecule has 2 rings (SSSR count). The van der Waals surface area contributed by atoms with Crippen LogP contribution in [0.4, 0.5) is 0 Å². The predicted octanol–water partition coefficient (Wildman–Crippen LogP) is 0.590. The number of aromatic amines is 1. The number of hydrogen-bond acceptors (Lipinski definition) is 3. The van der Waals surface area contributed by atoms with Crippen LogP contribution in [0.1, 0.15) is 33.4 Å². The summed E-state index contributed by atoms with van der Waals surface area (Å²) in [5.41, 5.74) is 1.93. The minimum absolute atomic E-state index is 0.0403. The molecule has 1 aromatic heterocycles. The Kier molecular flexibility index (Phi) is 2.21. The third kappa shape index (κ3) is 1.60. The van der Waals surface area contributed by atoms with Crippen LogP contribution in [0.25, 0.3) is 0 Å². The monoisotopic (exact) mass is 207 g/mol. The average molecular weight is 207 g/mol. The molecule has 0 bridgehead atoms. The van der Waals surface area contributed by atoms with E-state index >= 15 is 0 Å². The third-order valence-electron chi connectivity index (χ3n) is 3.56. The van der Waals surface area contributed by atoms with Crippen LogP contribution in [-0.4, -0.2) is 28.4 Å². The Morgan fingerprint density at radius 3 is 2.40 bits per heavy atom. The Bertz CT molecular complexity index is 356. The summed E-state index contributed by atoms with van der Waals surface area (Å²) in [5, 5.41) is 10.4. The largest absolute Gasteiger partial charge is 0.420 e. The van der Waals surface area contributed by atoms with Gasteiger partial charge in [-0.25, -0.2) is 0 Å². The molecule has 1 aliphatic rings. The van der Waals surface area contributed by atoms with Gasteiger partial charge in [-0.3, -0.25) is 5.10 Å². The maximum Gasteiger partial charge on any atom is 0.420 e. The topological polar surface area (TPSA) is 49.9 Å². The highest BCUT2D eigenvalue weighted by atomic mass is 16.5. The maximum absolute atomic E-state index is 6.02. The molecule has 1 saturated heterocycles. The van der Waals surface area contributed by atoms with Gasteiger partial charge in [-0.2, -0.15) is 5.10 Å². The third-order valence-corrected chi connectivity index (χ3v) is 3.56. The lowest BCUT2D eigenvalue weighted by molar-refractivity contribution is 0.0750. The second-order valence-corrected chi connectivity index (χ2v) is 5.23. The van der Waals surface area contributed by atoms with Gasteiger partial charge in [0.25, 0.3) is 0 Å². The van der Waals surface area contributed by atoms with Crippen LogP contribution in [0.3, 0.4) is 0 Å². The molecule has 82 valence electrons. The van der Waals surface area contributed by atoms with Crippen LogP contribution in [-0.2, 0) is 4.65 Å². The summed E-state index contributed by atoms with van der Waals surface area (Å²) in [5.74, 6) is 0. The van der Waals surface area contributed by atoms with Crippen molar-refractivity contribution in [3.05, 3.63) is 11.9 Å². The van der Waals surface area contributed by atoms with Crippen molar-refractivity contribution in [2.75, 3.05) is 0 Å². The molecule has 1 aromatic rings. The number of rotatable bonds is 1. The number of nitrogens with one attached hydrogen (secondary N) is 2. The van der Waals surface area contributed by atoms with Gasteiger partial charge in [0.05, 0.1) is 5.60 Å². The highest BCUT2D eigenvalue weighted by molar-refractivity contribution is 6.66. The molecule has 0 amide bonds. The molecule has 0 unspecified atom stereocenters. The minimum atomic E-state index is -0.179. The van der Waals surface area contributed by atoms with Crippen LogP contribution in [0.15, 0.2) is 6.20 Å². The molecule has 0 spiro atoms. The van der Waals surface area contributed by atoms with E-state index in [-0.39, 0.29) is 18.2 Å². The lowest BCUT2D eigenvalue weighted by Gasteiger charge is -2.33. The number of aromatic nitrogens is 2. The van der Waals surface area contributed by atoms with E-state index in [4.69, 9.17) is 4.65 Å². The highest BCUT2D eigenvalue weighted by Gasteiger charge is 2.50. The molecule has 4 nitrogen and oxygen atoms in total. The van der Waals surface area contributed by atoms with Crippen LogP contribution >= 0.6 is 0 Å². The zero-order chi connectivity index (χ0) is 11.3. The Morgan fingerprint density at radius 2 is 2.00 bits per heavy atom. The van der Waals surface area contributed by atoms with Gasteiger partial charge in [-0.1, -0.05) is 0 Å². The van der Waals surface area contributed by atoms with Crippen molar-refractivity contribution < 1.29 is 4.65 Å². The molecule has 0 aromatic carbocycles. The molecule has 0 saturated carbocycles. The SMILES string of the molecule is Cc1[nH]ncc1B1NC(C)(C)C(C)(C)O1. The van der Waals surface area contributed by atoms with E-state index in [2.05, 4.69) is 43.1 Å². The summed E-state index contributed by atoms with van der Waals surface area (Å²) in [7, 11) is -0.0613. The van der Waals surface area contributed by atoms with Crippen molar-refractivity contribution in [2.24, 2.45) is 0 Å². The van der Waals surface area contributed by atoms with Gasteiger partial charge in [0.15, 0.2) is 0 Å². The fourth-order valence-electron chi connectivity index (χ4n) is 1.74. The number of nitrogens with zero attached hydrogens (tertiary/aromatic N) is 1. The molecule has 2 N–H and O–H groups in total. The molecule has 1 fully saturated rings. The lowest BCUT2D eigenvalue weighted by atomic mass is 9.73. The summed E-state index contributed by atoms with van der Waals surface area (Å²) in [4.78, 5) is 0. The van der Waals surface area contributed by atoms with E-state index in [1.165, 1.54) is 0 Å². The first-order valence-corrected chi connectivity index (χ1v) is 5.29. The average Bonchev–Trinajstić information content (AvgIpc) is 2.55. The fourth-order valence-corrected chi connectivity index (χ4v) is 1.74. The molecule has 0 aliphatic carbocycles. The summed E-state index contributed by atoms with van der Waals surface area (Å²) in [6.07, 6.45) is 1.82. The van der Waals surface area contributed by atoms with Crippen molar-refractivity contribution >= 4 is 12.5 Å². The van der Waals surface area contributed by atoms with Crippen LogP contribution in [0, 0.1) is 6.92 Å². The van der Waals surface area contributed by atoms with Gasteiger partial charge in [-0.15, -0.1) is 0 Å². The Morgan fingerprint density at radius 1 is 1.33 bits per heavy atom. The fraction of sp³-hybridized carbons (Fsp3) is 0.700. The van der Waals surface area contributed by atoms with Crippen molar-refractivity contribution in [3.8, 4) is 0 Å². The first-order valence-electron chi connectivity index (χ1n) is 5.29. The van der Waals surface area contributed by atoms with E-state index in [1.54, 1.807) is 0 Å². The van der Waals surface area contributed by atoms with Gasteiger partial charge in [0.2, 0.25) is 0 Å². The van der Waals surface area contributed by atoms with Gasteiger partial charge in [-0.05, 0) is 34.6 Å². The van der Waals surface area contributed by atoms with E-state index in [0.29, 0.717) is 0 Å². The zero-order valence-corrected chi connectivity index (χ0v) is 10.0. The van der Waals surface area contributed by atoms with Crippen LogP contribution in [0.5, 0.6) is 0 Å². The van der Waals surface area contributed by atoms with E-state index in [9.17, 15) is 0 Å². The Balaban J connectivity index is 2.27. The standard InChI is InChI=1S/C10H18BN3O/c1-7-8(6-12-13-7)11-14-9(2,3)10(4,5)15-11/h6,14H,1-5H3,(H,12,13). The minimum Gasteiger partial charge on any atom is -0.411 e. The van der Waals surface area contributed by atoms with Gasteiger partial charge < -0.3 is 9.88 Å². The summed E-state index contributed by atoms with van der Waals surface area (Å²) in [6, 6.07) is 0. The van der Waals surface area contributed by atoms with E-state index < -0.39 is 0 Å². The quantitative estimate of drug-likeness (QED) is 0.662. The normalized spacial score (nSPS) is 23.4. The number of aryl methyl sites for hydroxylation is 1. The van der Waals surface area contributed by atoms with Crippen molar-refractivity contribution in [1.29, 1.82) is 0 Å². The predicted molar refractivity (Wildman–Crippen MR) is 61.1 cm³/mol. The van der Waals surface area contributed by atoms with Gasteiger partial charge in [0.1, 0.15) is 0 Å².